The number of carbonyl (C=O) groups is 1. The predicted octanol–water partition coefficient (Wildman–Crippen LogP) is 4.30. The smallest absolute Gasteiger partial charge is 0.500 e. The normalized spacial score (nSPS) is 10.8. The van der Waals surface area contributed by atoms with Crippen molar-refractivity contribution in [3.63, 3.8) is 0 Å². The summed E-state index contributed by atoms with van der Waals surface area (Å²) >= 11 is 0. The maximum atomic E-state index is 12.4. The average molecular weight is 407 g/mol. The van der Waals surface area contributed by atoms with Crippen molar-refractivity contribution in [1.29, 1.82) is 0 Å². The molecule has 0 atom stereocenters. The molecule has 0 saturated carbocycles. The first-order valence-corrected chi connectivity index (χ1v) is 11.2. The van der Waals surface area contributed by atoms with Gasteiger partial charge in [0.05, 0.1) is 12.2 Å². The van der Waals surface area contributed by atoms with Gasteiger partial charge in [0.15, 0.2) is 5.78 Å². The van der Waals surface area contributed by atoms with Gasteiger partial charge in [-0.15, -0.1) is 0 Å². The Morgan fingerprint density at radius 1 is 0.964 bits per heavy atom. The Labute approximate surface area is 168 Å². The van der Waals surface area contributed by atoms with E-state index in [1.165, 1.54) is 6.07 Å². The summed E-state index contributed by atoms with van der Waals surface area (Å²) in [4.78, 5) is 12.4. The van der Waals surface area contributed by atoms with Crippen LogP contribution in [0.2, 0.25) is 6.04 Å². The van der Waals surface area contributed by atoms with E-state index < -0.39 is 8.80 Å². The van der Waals surface area contributed by atoms with Gasteiger partial charge in [-0.3, -0.25) is 4.79 Å². The van der Waals surface area contributed by atoms with Crippen LogP contribution in [-0.4, -0.2) is 47.6 Å². The molecule has 0 aliphatic carbocycles. The molecule has 0 heterocycles. The van der Waals surface area contributed by atoms with Crippen molar-refractivity contribution >= 4 is 14.6 Å². The van der Waals surface area contributed by atoms with Crippen LogP contribution < -0.4 is 4.74 Å². The zero-order chi connectivity index (χ0) is 21.0. The Morgan fingerprint density at radius 2 is 1.57 bits per heavy atom. The third kappa shape index (κ3) is 6.45. The number of rotatable bonds is 10. The number of carbonyl (C=O) groups excluding carboxylic acids is 1. The molecule has 2 aromatic rings. The second-order valence-electron chi connectivity index (χ2n) is 5.62. The third-order valence-corrected chi connectivity index (χ3v) is 6.91. The van der Waals surface area contributed by atoms with E-state index in [0.717, 1.165) is 0 Å². The number of ketones is 1. The first-order valence-electron chi connectivity index (χ1n) is 9.26. The summed E-state index contributed by atoms with van der Waals surface area (Å²) in [5.74, 6) is 0.156. The molecule has 0 saturated heterocycles. The first-order chi connectivity index (χ1) is 13.5. The summed E-state index contributed by atoms with van der Waals surface area (Å²) < 4.78 is 21.7. The molecule has 0 amide bonds. The average Bonchev–Trinajstić information content (AvgIpc) is 2.76. The summed E-state index contributed by atoms with van der Waals surface area (Å²) in [6, 6.07) is 14.1. The van der Waals surface area contributed by atoms with Crippen molar-refractivity contribution in [3.05, 3.63) is 59.7 Å². The molecule has 0 spiro atoms. The molecular formula is C21H30O6Si. The van der Waals surface area contributed by atoms with Crippen molar-refractivity contribution < 1.29 is 27.9 Å². The molecule has 6 nitrogen and oxygen atoms in total. The predicted molar refractivity (Wildman–Crippen MR) is 111 cm³/mol. The SMILES string of the molecule is CC.CO[Si](CCCOc1ccc(C(=O)c2ccccc2)c(O)c1)(OC)OC. The molecular weight excluding hydrogens is 376 g/mol. The lowest BCUT2D eigenvalue weighted by molar-refractivity contribution is 0.103. The highest BCUT2D eigenvalue weighted by Crippen LogP contribution is 2.26. The summed E-state index contributed by atoms with van der Waals surface area (Å²) in [5, 5.41) is 10.2. The summed E-state index contributed by atoms with van der Waals surface area (Å²) in [6.07, 6.45) is 0.674. The molecule has 1 N–H and O–H groups in total. The highest BCUT2D eigenvalue weighted by atomic mass is 28.4. The molecule has 0 aliphatic heterocycles. The zero-order valence-electron chi connectivity index (χ0n) is 17.2. The lowest BCUT2D eigenvalue weighted by Gasteiger charge is -2.24. The minimum Gasteiger partial charge on any atom is -0.507 e. The molecule has 7 heteroatoms. The Kier molecular flexibility index (Phi) is 10.5. The molecule has 0 unspecified atom stereocenters. The van der Waals surface area contributed by atoms with Crippen LogP contribution in [0, 0.1) is 0 Å². The largest absolute Gasteiger partial charge is 0.507 e. The van der Waals surface area contributed by atoms with Crippen molar-refractivity contribution in [2.24, 2.45) is 0 Å². The zero-order valence-corrected chi connectivity index (χ0v) is 18.2. The van der Waals surface area contributed by atoms with E-state index in [2.05, 4.69) is 0 Å². The number of benzene rings is 2. The Hall–Kier alpha value is -2.19. The van der Waals surface area contributed by atoms with Crippen molar-refractivity contribution in [3.8, 4) is 11.5 Å². The summed E-state index contributed by atoms with van der Waals surface area (Å²) in [6.45, 7) is 4.41. The van der Waals surface area contributed by atoms with Crippen LogP contribution in [0.3, 0.4) is 0 Å². The van der Waals surface area contributed by atoms with Gasteiger partial charge in [-0.1, -0.05) is 44.2 Å². The molecule has 0 aromatic heterocycles. The van der Waals surface area contributed by atoms with Crippen LogP contribution >= 0.6 is 0 Å². The lowest BCUT2D eigenvalue weighted by atomic mass is 10.0. The fraction of sp³-hybridized carbons (Fsp3) is 0.381. The van der Waals surface area contributed by atoms with E-state index in [4.69, 9.17) is 18.0 Å². The van der Waals surface area contributed by atoms with E-state index in [1.807, 2.05) is 19.9 Å². The van der Waals surface area contributed by atoms with Gasteiger partial charge in [0.1, 0.15) is 11.5 Å². The van der Waals surface area contributed by atoms with Crippen molar-refractivity contribution in [1.82, 2.24) is 0 Å². The van der Waals surface area contributed by atoms with Gasteiger partial charge in [-0.05, 0) is 18.6 Å². The molecule has 2 aromatic carbocycles. The molecule has 0 fully saturated rings. The first kappa shape index (κ1) is 23.8. The number of aromatic hydroxyl groups is 1. The van der Waals surface area contributed by atoms with Crippen LogP contribution in [0.1, 0.15) is 36.2 Å². The van der Waals surface area contributed by atoms with E-state index in [9.17, 15) is 9.90 Å². The van der Waals surface area contributed by atoms with Gasteiger partial charge < -0.3 is 23.1 Å². The quantitative estimate of drug-likeness (QED) is 0.360. The minimum absolute atomic E-state index is 0.106. The summed E-state index contributed by atoms with van der Waals surface area (Å²) in [5.41, 5.74) is 0.768. The fourth-order valence-corrected chi connectivity index (χ4v) is 4.26. The lowest BCUT2D eigenvalue weighted by Crippen LogP contribution is -2.42. The maximum Gasteiger partial charge on any atom is 0.500 e. The van der Waals surface area contributed by atoms with E-state index >= 15 is 0 Å². The molecule has 2 rings (SSSR count). The molecule has 0 aliphatic rings. The number of phenols is 1. The van der Waals surface area contributed by atoms with Gasteiger partial charge in [0.2, 0.25) is 0 Å². The minimum atomic E-state index is -2.60. The monoisotopic (exact) mass is 406 g/mol. The number of ether oxygens (including phenoxy) is 1. The molecule has 154 valence electrons. The highest BCUT2D eigenvalue weighted by Gasteiger charge is 2.36. The second-order valence-corrected chi connectivity index (χ2v) is 8.71. The molecule has 28 heavy (non-hydrogen) atoms. The van der Waals surface area contributed by atoms with E-state index in [-0.39, 0.29) is 17.1 Å². The number of phenolic OH excluding ortho intramolecular Hbond substituents is 1. The standard InChI is InChI=1S/C19H24O6Si.C2H6/c1-22-26(23-2,24-3)13-7-12-25-16-10-11-17(18(20)14-16)19(21)15-8-5-4-6-9-15;1-2/h4-6,8-11,14,20H,7,12-13H2,1-3H3;1-2H3. The van der Waals surface area contributed by atoms with Gasteiger partial charge in [-0.2, -0.15) is 0 Å². The van der Waals surface area contributed by atoms with Gasteiger partial charge in [-0.25, -0.2) is 0 Å². The van der Waals surface area contributed by atoms with Crippen LogP contribution in [0.25, 0.3) is 0 Å². The van der Waals surface area contributed by atoms with Gasteiger partial charge in [0, 0.05) is 39.0 Å². The fourth-order valence-electron chi connectivity index (χ4n) is 2.57. The third-order valence-electron chi connectivity index (χ3n) is 4.08. The molecule has 0 bridgehead atoms. The Balaban J connectivity index is 0.00000190. The van der Waals surface area contributed by atoms with Crippen LogP contribution in [0.4, 0.5) is 0 Å². The van der Waals surface area contributed by atoms with E-state index in [1.54, 1.807) is 57.7 Å². The number of hydrogen-bond donors (Lipinski definition) is 1. The topological polar surface area (TPSA) is 74.2 Å². The summed E-state index contributed by atoms with van der Waals surface area (Å²) in [7, 11) is 2.11. The Bertz CT molecular complexity index is 708. The van der Waals surface area contributed by atoms with Gasteiger partial charge in [0.25, 0.3) is 0 Å². The van der Waals surface area contributed by atoms with Crippen molar-refractivity contribution in [2.45, 2.75) is 26.3 Å². The molecule has 0 radical (unpaired) electrons. The number of hydrogen-bond acceptors (Lipinski definition) is 6. The maximum absolute atomic E-state index is 12.4. The Morgan fingerprint density at radius 3 is 2.11 bits per heavy atom. The van der Waals surface area contributed by atoms with Crippen LogP contribution in [0.15, 0.2) is 48.5 Å². The highest BCUT2D eigenvalue weighted by molar-refractivity contribution is 6.60. The van der Waals surface area contributed by atoms with E-state index in [0.29, 0.717) is 30.4 Å². The second kappa shape index (κ2) is 12.3. The van der Waals surface area contributed by atoms with Gasteiger partial charge >= 0.3 is 8.80 Å². The van der Waals surface area contributed by atoms with Crippen molar-refractivity contribution in [2.75, 3.05) is 27.9 Å². The van der Waals surface area contributed by atoms with Crippen LogP contribution in [-0.2, 0) is 13.3 Å². The van der Waals surface area contributed by atoms with Crippen LogP contribution in [0.5, 0.6) is 11.5 Å².